The average Bonchev–Trinajstić information content (AvgIpc) is 2.24. The highest BCUT2D eigenvalue weighted by Crippen LogP contribution is 2.58. The van der Waals surface area contributed by atoms with Crippen molar-refractivity contribution in [3.63, 3.8) is 0 Å². The highest BCUT2D eigenvalue weighted by Gasteiger charge is 2.45. The fourth-order valence-corrected chi connectivity index (χ4v) is 3.09. The zero-order chi connectivity index (χ0) is 12.1. The van der Waals surface area contributed by atoms with Crippen LogP contribution < -0.4 is 0 Å². The van der Waals surface area contributed by atoms with Gasteiger partial charge in [0.05, 0.1) is 6.10 Å². The largest absolute Gasteiger partial charge is 0.377 e. The van der Waals surface area contributed by atoms with Gasteiger partial charge in [0.2, 0.25) is 0 Å². The normalized spacial score (nSPS) is 16.7. The van der Waals surface area contributed by atoms with Crippen molar-refractivity contribution in [3.8, 4) is 0 Å². The Labute approximate surface area is 92.2 Å². The molecular weight excluding hydrogens is 215 g/mol. The van der Waals surface area contributed by atoms with Crippen LogP contribution in [0.1, 0.15) is 53.4 Å². The van der Waals surface area contributed by atoms with E-state index in [1.807, 2.05) is 13.8 Å². The van der Waals surface area contributed by atoms with Gasteiger partial charge in [-0.1, -0.05) is 27.7 Å². The van der Waals surface area contributed by atoms with Crippen LogP contribution in [0.4, 0.5) is 0 Å². The van der Waals surface area contributed by atoms with Gasteiger partial charge in [0.25, 0.3) is 0 Å². The Morgan fingerprint density at radius 1 is 1.20 bits per heavy atom. The molecule has 0 saturated heterocycles. The van der Waals surface area contributed by atoms with Crippen molar-refractivity contribution >= 4 is 7.60 Å². The van der Waals surface area contributed by atoms with Crippen LogP contribution in [0.3, 0.4) is 0 Å². The summed E-state index contributed by atoms with van der Waals surface area (Å²) in [6.45, 7) is 7.15. The molecule has 2 N–H and O–H groups in total. The van der Waals surface area contributed by atoms with Gasteiger partial charge in [0.15, 0.2) is 5.34 Å². The van der Waals surface area contributed by atoms with Crippen molar-refractivity contribution < 1.29 is 19.1 Å². The van der Waals surface area contributed by atoms with E-state index in [1.165, 1.54) is 0 Å². The maximum absolute atomic E-state index is 11.9. The van der Waals surface area contributed by atoms with E-state index in [1.54, 1.807) is 13.8 Å². The summed E-state index contributed by atoms with van der Waals surface area (Å²) in [6.07, 6.45) is 1.52. The summed E-state index contributed by atoms with van der Waals surface area (Å²) in [5, 5.41) is 8.36. The molecule has 0 radical (unpaired) electrons. The Hall–Kier alpha value is 0.110. The van der Waals surface area contributed by atoms with Gasteiger partial charge in [0, 0.05) is 0 Å². The first-order valence-electron chi connectivity index (χ1n) is 5.60. The van der Waals surface area contributed by atoms with E-state index in [2.05, 4.69) is 0 Å². The van der Waals surface area contributed by atoms with Gasteiger partial charge in [-0.2, -0.15) is 0 Å². The summed E-state index contributed by atoms with van der Waals surface area (Å²) < 4.78 is 17.1. The third kappa shape index (κ3) is 3.56. The zero-order valence-electron chi connectivity index (χ0n) is 10.1. The number of hydrogen-bond donors (Lipinski definition) is 2. The summed E-state index contributed by atoms with van der Waals surface area (Å²) in [4.78, 5) is 9.75. The second kappa shape index (κ2) is 6.00. The van der Waals surface area contributed by atoms with Crippen molar-refractivity contribution in [1.29, 1.82) is 0 Å². The lowest BCUT2D eigenvalue weighted by atomic mass is 10.2. The van der Waals surface area contributed by atoms with Crippen LogP contribution in [0.25, 0.3) is 0 Å². The Kier molecular flexibility index (Phi) is 6.04. The van der Waals surface area contributed by atoms with E-state index in [4.69, 9.17) is 4.52 Å². The minimum Gasteiger partial charge on any atom is -0.377 e. The molecule has 0 aromatic rings. The zero-order valence-corrected chi connectivity index (χ0v) is 11.0. The molecule has 0 fully saturated rings. The number of rotatable bonds is 7. The fraction of sp³-hybridized carbons (Fsp3) is 1.00. The van der Waals surface area contributed by atoms with Crippen LogP contribution in [0.15, 0.2) is 0 Å². The standard InChI is InChI=1S/C10H23O4P/c1-5-9(6-2)14-15(12,13)10(11,7-3)8-4/h9,11H,5-8H2,1-4H3,(H,12,13). The molecule has 0 spiro atoms. The lowest BCUT2D eigenvalue weighted by Crippen LogP contribution is -2.29. The van der Waals surface area contributed by atoms with Crippen LogP contribution in [-0.4, -0.2) is 21.4 Å². The van der Waals surface area contributed by atoms with Crippen molar-refractivity contribution in [1.82, 2.24) is 0 Å². The molecular formula is C10H23O4P. The summed E-state index contributed by atoms with van der Waals surface area (Å²) in [7, 11) is -3.95. The molecule has 0 amide bonds. The van der Waals surface area contributed by atoms with Gasteiger partial charge < -0.3 is 14.5 Å². The fourth-order valence-electron chi connectivity index (χ4n) is 1.39. The lowest BCUT2D eigenvalue weighted by Gasteiger charge is -2.31. The minimum absolute atomic E-state index is 0.220. The summed E-state index contributed by atoms with van der Waals surface area (Å²) in [5.74, 6) is 0. The SMILES string of the molecule is CCC(CC)OP(=O)(O)C(O)(CC)CC. The van der Waals surface area contributed by atoms with Crippen LogP contribution in [0.5, 0.6) is 0 Å². The molecule has 5 heteroatoms. The first-order chi connectivity index (χ1) is 6.86. The predicted molar refractivity (Wildman–Crippen MR) is 60.8 cm³/mol. The second-order valence-corrected chi connectivity index (χ2v) is 5.84. The van der Waals surface area contributed by atoms with E-state index < -0.39 is 12.9 Å². The van der Waals surface area contributed by atoms with Crippen molar-refractivity contribution in [3.05, 3.63) is 0 Å². The highest BCUT2D eigenvalue weighted by molar-refractivity contribution is 7.54. The summed E-state index contributed by atoms with van der Waals surface area (Å²) >= 11 is 0. The molecule has 1 atom stereocenters. The van der Waals surface area contributed by atoms with Crippen LogP contribution in [0.2, 0.25) is 0 Å². The molecule has 15 heavy (non-hydrogen) atoms. The molecule has 0 aliphatic carbocycles. The molecule has 0 aromatic heterocycles. The predicted octanol–water partition coefficient (Wildman–Crippen LogP) is 2.89. The van der Waals surface area contributed by atoms with E-state index in [0.717, 1.165) is 0 Å². The van der Waals surface area contributed by atoms with Crippen molar-refractivity contribution in [2.45, 2.75) is 64.8 Å². The Morgan fingerprint density at radius 2 is 1.60 bits per heavy atom. The van der Waals surface area contributed by atoms with Gasteiger partial charge in [-0.25, -0.2) is 0 Å². The van der Waals surface area contributed by atoms with Crippen LogP contribution in [-0.2, 0) is 9.09 Å². The molecule has 0 saturated carbocycles. The number of hydrogen-bond acceptors (Lipinski definition) is 3. The molecule has 0 aliphatic heterocycles. The molecule has 0 heterocycles. The average molecular weight is 238 g/mol. The first kappa shape index (κ1) is 15.1. The molecule has 0 aliphatic rings. The van der Waals surface area contributed by atoms with Gasteiger partial charge in [0.1, 0.15) is 0 Å². The Morgan fingerprint density at radius 3 is 1.87 bits per heavy atom. The maximum atomic E-state index is 11.9. The van der Waals surface area contributed by atoms with Crippen molar-refractivity contribution in [2.24, 2.45) is 0 Å². The molecule has 0 bridgehead atoms. The smallest absolute Gasteiger partial charge is 0.359 e. The third-order valence-corrected chi connectivity index (χ3v) is 5.13. The van der Waals surface area contributed by atoms with Gasteiger partial charge >= 0.3 is 7.60 Å². The monoisotopic (exact) mass is 238 g/mol. The molecule has 0 rings (SSSR count). The lowest BCUT2D eigenvalue weighted by molar-refractivity contribution is 0.0547. The van der Waals surface area contributed by atoms with E-state index in [0.29, 0.717) is 12.8 Å². The van der Waals surface area contributed by atoms with E-state index in [-0.39, 0.29) is 18.9 Å². The summed E-state index contributed by atoms with van der Waals surface area (Å²) in [6, 6.07) is 0. The molecule has 1 unspecified atom stereocenters. The number of aliphatic hydroxyl groups is 1. The van der Waals surface area contributed by atoms with E-state index in [9.17, 15) is 14.6 Å². The van der Waals surface area contributed by atoms with Crippen LogP contribution >= 0.6 is 7.60 Å². The maximum Gasteiger partial charge on any atom is 0.359 e. The first-order valence-corrected chi connectivity index (χ1v) is 7.18. The topological polar surface area (TPSA) is 66.8 Å². The quantitative estimate of drug-likeness (QED) is 0.669. The third-order valence-electron chi connectivity index (χ3n) is 2.86. The molecule has 92 valence electrons. The van der Waals surface area contributed by atoms with Crippen LogP contribution in [0, 0.1) is 0 Å². The molecule has 4 nitrogen and oxygen atoms in total. The minimum atomic E-state index is -3.95. The van der Waals surface area contributed by atoms with Crippen molar-refractivity contribution in [2.75, 3.05) is 0 Å². The van der Waals surface area contributed by atoms with Gasteiger partial charge in [-0.3, -0.25) is 4.57 Å². The Bertz CT molecular complexity index is 221. The van der Waals surface area contributed by atoms with Gasteiger partial charge in [-0.15, -0.1) is 0 Å². The Balaban J connectivity index is 4.72. The second-order valence-electron chi connectivity index (χ2n) is 3.75. The summed E-state index contributed by atoms with van der Waals surface area (Å²) in [5.41, 5.74) is 0. The van der Waals surface area contributed by atoms with Gasteiger partial charge in [-0.05, 0) is 25.7 Å². The highest BCUT2D eigenvalue weighted by atomic mass is 31.2. The van der Waals surface area contributed by atoms with E-state index >= 15 is 0 Å². The molecule has 0 aromatic carbocycles.